The Morgan fingerprint density at radius 3 is 2.22 bits per heavy atom. The van der Waals surface area contributed by atoms with E-state index in [4.69, 9.17) is 5.11 Å². The highest BCUT2D eigenvalue weighted by Gasteiger charge is 2.33. The van der Waals surface area contributed by atoms with Gasteiger partial charge in [0.2, 0.25) is 0 Å². The fraction of sp³-hybridized carbons (Fsp3) is 0.304. The van der Waals surface area contributed by atoms with Crippen LogP contribution in [-0.4, -0.2) is 57.8 Å². The number of benzene rings is 2. The Morgan fingerprint density at radius 1 is 0.938 bits per heavy atom. The highest BCUT2D eigenvalue weighted by Crippen LogP contribution is 2.32. The molecule has 4 rings (SSSR count). The zero-order valence-electron chi connectivity index (χ0n) is 17.2. The number of aliphatic carboxylic acids is 2. The quantitative estimate of drug-likeness (QED) is 0.583. The van der Waals surface area contributed by atoms with Crippen LogP contribution in [0.15, 0.2) is 48.7 Å². The summed E-state index contributed by atoms with van der Waals surface area (Å²) in [5.74, 6) is -2.80. The third-order valence-corrected chi connectivity index (χ3v) is 5.84. The Morgan fingerprint density at radius 2 is 1.59 bits per heavy atom. The zero-order valence-corrected chi connectivity index (χ0v) is 17.2. The molecule has 1 atom stereocenters. The number of halogens is 2. The van der Waals surface area contributed by atoms with Crippen LogP contribution < -0.4 is 4.90 Å². The van der Waals surface area contributed by atoms with E-state index in [1.807, 2.05) is 4.90 Å². The van der Waals surface area contributed by atoms with E-state index >= 15 is 0 Å². The lowest BCUT2D eigenvalue weighted by molar-refractivity contribution is -0.143. The number of carboxylic acids is 2. The van der Waals surface area contributed by atoms with Crippen LogP contribution in [0.4, 0.5) is 14.5 Å². The van der Waals surface area contributed by atoms with Crippen molar-refractivity contribution >= 4 is 28.5 Å². The van der Waals surface area contributed by atoms with Gasteiger partial charge in [0.25, 0.3) is 0 Å². The zero-order chi connectivity index (χ0) is 22.8. The van der Waals surface area contributed by atoms with Crippen molar-refractivity contribution in [2.24, 2.45) is 0 Å². The summed E-state index contributed by atoms with van der Waals surface area (Å²) in [5.41, 5.74) is 1.85. The van der Waals surface area contributed by atoms with Gasteiger partial charge in [-0.25, -0.2) is 8.78 Å². The summed E-state index contributed by atoms with van der Waals surface area (Å²) in [4.78, 5) is 27.2. The molecule has 0 spiro atoms. The van der Waals surface area contributed by atoms with E-state index in [0.717, 1.165) is 5.69 Å². The fourth-order valence-electron chi connectivity index (χ4n) is 4.29. The van der Waals surface area contributed by atoms with Crippen LogP contribution in [-0.2, 0) is 16.1 Å². The molecule has 0 amide bonds. The number of aromatic nitrogens is 1. The van der Waals surface area contributed by atoms with Gasteiger partial charge in [-0.1, -0.05) is 0 Å². The normalized spacial score (nSPS) is 15.8. The van der Waals surface area contributed by atoms with Gasteiger partial charge in [-0.3, -0.25) is 14.5 Å². The van der Waals surface area contributed by atoms with Gasteiger partial charge in [0.05, 0.1) is 11.9 Å². The van der Waals surface area contributed by atoms with Gasteiger partial charge in [0, 0.05) is 55.6 Å². The maximum absolute atomic E-state index is 13.9. The first kappa shape index (κ1) is 21.8. The maximum atomic E-state index is 13.9. The molecule has 168 valence electrons. The Labute approximate surface area is 183 Å². The maximum Gasteiger partial charge on any atom is 0.325 e. The summed E-state index contributed by atoms with van der Waals surface area (Å²) >= 11 is 0. The first-order valence-corrected chi connectivity index (χ1v) is 10.3. The molecule has 1 aliphatic rings. The third-order valence-electron chi connectivity index (χ3n) is 5.84. The lowest BCUT2D eigenvalue weighted by Crippen LogP contribution is -2.49. The summed E-state index contributed by atoms with van der Waals surface area (Å²) in [7, 11) is 0. The summed E-state index contributed by atoms with van der Waals surface area (Å²) in [6.45, 7) is 2.19. The minimum absolute atomic E-state index is 0.111. The molecule has 1 aliphatic heterocycles. The van der Waals surface area contributed by atoms with Gasteiger partial charge in [0.15, 0.2) is 0 Å². The van der Waals surface area contributed by atoms with Crippen LogP contribution in [0.25, 0.3) is 10.9 Å². The molecular formula is C23H23F2N3O4. The molecule has 0 radical (unpaired) electrons. The minimum Gasteiger partial charge on any atom is -0.481 e. The van der Waals surface area contributed by atoms with E-state index in [9.17, 15) is 23.5 Å². The number of carboxylic acid groups (broad SMARTS) is 2. The second-order valence-corrected chi connectivity index (χ2v) is 7.82. The summed E-state index contributed by atoms with van der Waals surface area (Å²) in [6.07, 6.45) is 1.46. The first-order valence-electron chi connectivity index (χ1n) is 10.3. The number of fused-ring (bicyclic) bond motifs is 1. The molecule has 32 heavy (non-hydrogen) atoms. The summed E-state index contributed by atoms with van der Waals surface area (Å²) in [5, 5.41) is 19.7. The molecule has 1 fully saturated rings. The average molecular weight is 443 g/mol. The van der Waals surface area contributed by atoms with Gasteiger partial charge in [-0.2, -0.15) is 0 Å². The van der Waals surface area contributed by atoms with Crippen molar-refractivity contribution in [3.05, 3.63) is 65.9 Å². The van der Waals surface area contributed by atoms with Crippen LogP contribution in [0.3, 0.4) is 0 Å². The Bertz CT molecular complexity index is 1140. The molecule has 2 heterocycles. The van der Waals surface area contributed by atoms with Crippen LogP contribution in [0.1, 0.15) is 18.0 Å². The Hall–Kier alpha value is -3.46. The van der Waals surface area contributed by atoms with Crippen molar-refractivity contribution in [3.8, 4) is 0 Å². The van der Waals surface area contributed by atoms with Crippen LogP contribution in [0, 0.1) is 11.6 Å². The lowest BCUT2D eigenvalue weighted by Gasteiger charge is -2.38. The summed E-state index contributed by atoms with van der Waals surface area (Å²) in [6, 6.07) is 9.35. The van der Waals surface area contributed by atoms with Crippen LogP contribution >= 0.6 is 0 Å². The number of piperazine rings is 1. The molecule has 0 unspecified atom stereocenters. The molecule has 0 aliphatic carbocycles. The molecule has 0 saturated carbocycles. The van der Waals surface area contributed by atoms with Crippen molar-refractivity contribution in [2.75, 3.05) is 31.1 Å². The second-order valence-electron chi connectivity index (χ2n) is 7.82. The number of carbonyl (C=O) groups is 2. The number of aryl methyl sites for hydroxylation is 1. The van der Waals surface area contributed by atoms with Crippen molar-refractivity contribution in [1.82, 2.24) is 9.47 Å². The monoisotopic (exact) mass is 443 g/mol. The highest BCUT2D eigenvalue weighted by atomic mass is 19.1. The van der Waals surface area contributed by atoms with E-state index < -0.39 is 23.8 Å². The molecule has 3 aromatic rings. The molecule has 9 heteroatoms. The number of hydrogen-bond acceptors (Lipinski definition) is 4. The van der Waals surface area contributed by atoms with Gasteiger partial charge in [-0.15, -0.1) is 0 Å². The van der Waals surface area contributed by atoms with Crippen molar-refractivity contribution < 1.29 is 28.6 Å². The SMILES string of the molecule is O=C(O)CCn1cc([C@H](C(=O)O)N2CCN(c3ccc(F)cc3)CC2)c2ccc(F)cc21. The Kier molecular flexibility index (Phi) is 6.09. The van der Waals surface area contributed by atoms with E-state index in [-0.39, 0.29) is 18.8 Å². The first-order chi connectivity index (χ1) is 15.3. The minimum atomic E-state index is -1.03. The van der Waals surface area contributed by atoms with Gasteiger partial charge < -0.3 is 19.7 Å². The number of hydrogen-bond donors (Lipinski definition) is 2. The second kappa shape index (κ2) is 8.96. The molecule has 0 bridgehead atoms. The molecular weight excluding hydrogens is 420 g/mol. The van der Waals surface area contributed by atoms with E-state index in [2.05, 4.69) is 4.90 Å². The smallest absolute Gasteiger partial charge is 0.325 e. The van der Waals surface area contributed by atoms with E-state index in [1.165, 1.54) is 24.3 Å². The molecule has 1 aromatic heterocycles. The molecule has 2 aromatic carbocycles. The largest absolute Gasteiger partial charge is 0.481 e. The predicted molar refractivity (Wildman–Crippen MR) is 115 cm³/mol. The topological polar surface area (TPSA) is 86.0 Å². The fourth-order valence-corrected chi connectivity index (χ4v) is 4.29. The molecule has 2 N–H and O–H groups in total. The van der Waals surface area contributed by atoms with Crippen LogP contribution in [0.5, 0.6) is 0 Å². The standard InChI is InChI=1S/C23H23F2N3O4/c24-15-1-4-17(5-2-15)26-9-11-27(12-10-26)22(23(31)32)19-14-28(8-7-21(29)30)20-13-16(25)3-6-18(19)20/h1-6,13-14,22H,7-12H2,(H,29,30)(H,31,32)/t22-/m1/s1. The third kappa shape index (κ3) is 4.43. The van der Waals surface area contributed by atoms with Crippen molar-refractivity contribution in [1.29, 1.82) is 0 Å². The Balaban J connectivity index is 1.61. The average Bonchev–Trinajstić information content (AvgIpc) is 3.10. The molecule has 1 saturated heterocycles. The lowest BCUT2D eigenvalue weighted by atomic mass is 10.0. The van der Waals surface area contributed by atoms with Crippen molar-refractivity contribution in [3.63, 3.8) is 0 Å². The number of nitrogens with zero attached hydrogens (tertiary/aromatic N) is 3. The van der Waals surface area contributed by atoms with Gasteiger partial charge in [-0.05, 0) is 42.5 Å². The van der Waals surface area contributed by atoms with Gasteiger partial charge in [0.1, 0.15) is 17.7 Å². The predicted octanol–water partition coefficient (Wildman–Crippen LogP) is 3.34. The van der Waals surface area contributed by atoms with E-state index in [1.54, 1.807) is 29.0 Å². The number of rotatable bonds is 7. The van der Waals surface area contributed by atoms with Gasteiger partial charge >= 0.3 is 11.9 Å². The highest BCUT2D eigenvalue weighted by molar-refractivity contribution is 5.90. The van der Waals surface area contributed by atoms with Crippen molar-refractivity contribution in [2.45, 2.75) is 19.0 Å². The van der Waals surface area contributed by atoms with Crippen LogP contribution in [0.2, 0.25) is 0 Å². The summed E-state index contributed by atoms with van der Waals surface area (Å²) < 4.78 is 28.7. The molecule has 7 nitrogen and oxygen atoms in total. The van der Waals surface area contributed by atoms with E-state index in [0.29, 0.717) is 42.6 Å². The number of anilines is 1.